The molecule has 2 aromatic rings. The van der Waals surface area contributed by atoms with Crippen molar-refractivity contribution in [1.82, 2.24) is 15.3 Å². The van der Waals surface area contributed by atoms with E-state index in [4.69, 9.17) is 4.74 Å². The Morgan fingerprint density at radius 3 is 2.67 bits per heavy atom. The monoisotopic (exact) mass is 284 g/mol. The van der Waals surface area contributed by atoms with Gasteiger partial charge in [-0.05, 0) is 37.1 Å². The van der Waals surface area contributed by atoms with E-state index in [0.29, 0.717) is 6.04 Å². The third-order valence-corrected chi connectivity index (χ3v) is 3.62. The maximum atomic E-state index is 5.18. The van der Waals surface area contributed by atoms with Crippen LogP contribution in [0.15, 0.2) is 36.7 Å². The lowest BCUT2D eigenvalue weighted by atomic mass is 10.3. The molecule has 1 aliphatic rings. The van der Waals surface area contributed by atoms with Gasteiger partial charge in [-0.25, -0.2) is 4.98 Å². The van der Waals surface area contributed by atoms with Gasteiger partial charge in [-0.15, -0.1) is 0 Å². The van der Waals surface area contributed by atoms with Gasteiger partial charge in [0.15, 0.2) is 5.82 Å². The highest BCUT2D eigenvalue weighted by Gasteiger charge is 2.20. The molecule has 1 saturated carbocycles. The molecule has 1 fully saturated rings. The summed E-state index contributed by atoms with van der Waals surface area (Å²) in [6, 6.07) is 8.58. The van der Waals surface area contributed by atoms with Gasteiger partial charge in [-0.2, -0.15) is 0 Å². The maximum absolute atomic E-state index is 5.18. The number of anilines is 2. The van der Waals surface area contributed by atoms with Crippen LogP contribution >= 0.6 is 0 Å². The van der Waals surface area contributed by atoms with Crippen LogP contribution in [0.4, 0.5) is 11.5 Å². The minimum Gasteiger partial charge on any atom is -0.497 e. The van der Waals surface area contributed by atoms with Crippen molar-refractivity contribution >= 4 is 11.5 Å². The second kappa shape index (κ2) is 6.10. The highest BCUT2D eigenvalue weighted by molar-refractivity contribution is 5.59. The van der Waals surface area contributed by atoms with E-state index < -0.39 is 0 Å². The van der Waals surface area contributed by atoms with Crippen molar-refractivity contribution < 1.29 is 4.74 Å². The van der Waals surface area contributed by atoms with Crippen LogP contribution in [0.25, 0.3) is 0 Å². The molecule has 0 bridgehead atoms. The molecule has 1 aromatic heterocycles. The number of nitrogens with one attached hydrogen (secondary N) is 1. The first-order valence-electron chi connectivity index (χ1n) is 7.18. The fourth-order valence-corrected chi connectivity index (χ4v) is 2.12. The molecule has 1 aromatic carbocycles. The quantitative estimate of drug-likeness (QED) is 0.883. The van der Waals surface area contributed by atoms with Gasteiger partial charge in [0.2, 0.25) is 0 Å². The summed E-state index contributed by atoms with van der Waals surface area (Å²) in [6.07, 6.45) is 6.16. The van der Waals surface area contributed by atoms with E-state index in [1.54, 1.807) is 13.3 Å². The van der Waals surface area contributed by atoms with Gasteiger partial charge in [-0.3, -0.25) is 4.98 Å². The van der Waals surface area contributed by atoms with Gasteiger partial charge in [0, 0.05) is 31.5 Å². The molecule has 0 unspecified atom stereocenters. The molecule has 0 amide bonds. The Labute approximate surface area is 125 Å². The minimum atomic E-state index is 0.676. The largest absolute Gasteiger partial charge is 0.497 e. The second-order valence-corrected chi connectivity index (χ2v) is 5.28. The average molecular weight is 284 g/mol. The Balaban J connectivity index is 1.72. The van der Waals surface area contributed by atoms with Gasteiger partial charge in [0.25, 0.3) is 0 Å². The molecular formula is C16H20N4O. The predicted molar refractivity (Wildman–Crippen MR) is 83.0 cm³/mol. The molecule has 1 heterocycles. The third kappa shape index (κ3) is 3.49. The minimum absolute atomic E-state index is 0.676. The molecule has 0 aliphatic heterocycles. The van der Waals surface area contributed by atoms with Crippen molar-refractivity contribution in [1.29, 1.82) is 0 Å². The molecule has 0 radical (unpaired) electrons. The molecule has 1 aliphatic carbocycles. The van der Waals surface area contributed by atoms with Crippen LogP contribution < -0.4 is 15.0 Å². The van der Waals surface area contributed by atoms with Gasteiger partial charge in [0.05, 0.1) is 19.0 Å². The number of rotatable bonds is 6. The molecule has 21 heavy (non-hydrogen) atoms. The number of hydrogen-bond donors (Lipinski definition) is 1. The van der Waals surface area contributed by atoms with Crippen LogP contribution in [-0.4, -0.2) is 30.2 Å². The van der Waals surface area contributed by atoms with Crippen LogP contribution in [0, 0.1) is 0 Å². The summed E-state index contributed by atoms with van der Waals surface area (Å²) in [5, 5.41) is 3.46. The first-order chi connectivity index (χ1) is 10.3. The fourth-order valence-electron chi connectivity index (χ4n) is 2.12. The topological polar surface area (TPSA) is 50.3 Å². The molecule has 5 heteroatoms. The number of aromatic nitrogens is 2. The zero-order valence-corrected chi connectivity index (χ0v) is 12.4. The van der Waals surface area contributed by atoms with Crippen LogP contribution in [-0.2, 0) is 6.54 Å². The summed E-state index contributed by atoms with van der Waals surface area (Å²) in [5.74, 6) is 1.69. The Kier molecular flexibility index (Phi) is 4.01. The lowest BCUT2D eigenvalue weighted by Gasteiger charge is -2.18. The molecule has 110 valence electrons. The molecule has 0 saturated heterocycles. The SMILES string of the molecule is COc1ccc(N(C)c2cncc(CNC3CC3)n2)cc1. The number of nitrogens with zero attached hydrogens (tertiary/aromatic N) is 3. The number of benzene rings is 1. The second-order valence-electron chi connectivity index (χ2n) is 5.28. The Morgan fingerprint density at radius 1 is 1.24 bits per heavy atom. The summed E-state index contributed by atoms with van der Waals surface area (Å²) in [4.78, 5) is 11.0. The van der Waals surface area contributed by atoms with Crippen molar-refractivity contribution in [3.05, 3.63) is 42.4 Å². The van der Waals surface area contributed by atoms with Gasteiger partial charge >= 0.3 is 0 Å². The van der Waals surface area contributed by atoms with E-state index in [1.165, 1.54) is 12.8 Å². The molecule has 1 N–H and O–H groups in total. The maximum Gasteiger partial charge on any atom is 0.151 e. The molecular weight excluding hydrogens is 264 g/mol. The molecule has 0 spiro atoms. The van der Waals surface area contributed by atoms with Crippen molar-refractivity contribution in [3.8, 4) is 5.75 Å². The molecule has 0 atom stereocenters. The normalized spacial score (nSPS) is 14.0. The first-order valence-corrected chi connectivity index (χ1v) is 7.18. The van der Waals surface area contributed by atoms with Gasteiger partial charge in [0.1, 0.15) is 5.75 Å². The van der Waals surface area contributed by atoms with E-state index in [1.807, 2.05) is 42.4 Å². The highest BCUT2D eigenvalue weighted by Crippen LogP contribution is 2.24. The first kappa shape index (κ1) is 13.8. The summed E-state index contributed by atoms with van der Waals surface area (Å²) >= 11 is 0. The summed E-state index contributed by atoms with van der Waals surface area (Å²) in [6.45, 7) is 0.780. The Bertz CT molecular complexity index is 595. The Morgan fingerprint density at radius 2 is 2.00 bits per heavy atom. The Hall–Kier alpha value is -2.14. The average Bonchev–Trinajstić information content (AvgIpc) is 3.37. The zero-order valence-electron chi connectivity index (χ0n) is 12.4. The lowest BCUT2D eigenvalue weighted by Crippen LogP contribution is -2.18. The number of ether oxygens (including phenoxy) is 1. The van der Waals surface area contributed by atoms with Gasteiger partial charge < -0.3 is 15.0 Å². The van der Waals surface area contributed by atoms with E-state index in [9.17, 15) is 0 Å². The predicted octanol–water partition coefficient (Wildman–Crippen LogP) is 2.51. The summed E-state index contributed by atoms with van der Waals surface area (Å²) < 4.78 is 5.18. The molecule has 3 rings (SSSR count). The van der Waals surface area contributed by atoms with Crippen LogP contribution in [0.1, 0.15) is 18.5 Å². The number of hydrogen-bond acceptors (Lipinski definition) is 5. The van der Waals surface area contributed by atoms with Crippen molar-refractivity contribution in [2.45, 2.75) is 25.4 Å². The smallest absolute Gasteiger partial charge is 0.151 e. The van der Waals surface area contributed by atoms with Crippen LogP contribution in [0.5, 0.6) is 5.75 Å². The van der Waals surface area contributed by atoms with E-state index >= 15 is 0 Å². The zero-order chi connectivity index (χ0) is 14.7. The van der Waals surface area contributed by atoms with Crippen LogP contribution in [0.3, 0.4) is 0 Å². The van der Waals surface area contributed by atoms with Gasteiger partial charge in [-0.1, -0.05) is 0 Å². The van der Waals surface area contributed by atoms with E-state index in [0.717, 1.165) is 29.5 Å². The standard InChI is InChI=1S/C16H20N4O/c1-20(14-5-7-15(21-2)8-6-14)16-11-17-9-13(19-16)10-18-12-3-4-12/h5-9,11-12,18H,3-4,10H2,1-2H3. The molecule has 5 nitrogen and oxygen atoms in total. The van der Waals surface area contributed by atoms with E-state index in [2.05, 4.69) is 15.3 Å². The van der Waals surface area contributed by atoms with Crippen LogP contribution in [0.2, 0.25) is 0 Å². The van der Waals surface area contributed by atoms with Crippen molar-refractivity contribution in [3.63, 3.8) is 0 Å². The third-order valence-electron chi connectivity index (χ3n) is 3.62. The summed E-state index contributed by atoms with van der Waals surface area (Å²) in [5.41, 5.74) is 2.03. The fraction of sp³-hybridized carbons (Fsp3) is 0.375. The van der Waals surface area contributed by atoms with Crippen molar-refractivity contribution in [2.75, 3.05) is 19.1 Å². The van der Waals surface area contributed by atoms with Crippen molar-refractivity contribution in [2.24, 2.45) is 0 Å². The summed E-state index contributed by atoms with van der Waals surface area (Å²) in [7, 11) is 3.66. The highest BCUT2D eigenvalue weighted by atomic mass is 16.5. The lowest BCUT2D eigenvalue weighted by molar-refractivity contribution is 0.415. The van der Waals surface area contributed by atoms with E-state index in [-0.39, 0.29) is 0 Å². The number of methoxy groups -OCH3 is 1.